The van der Waals surface area contributed by atoms with Crippen molar-refractivity contribution in [2.45, 2.75) is 13.5 Å². The highest BCUT2D eigenvalue weighted by molar-refractivity contribution is 7.02. The molecule has 1 aromatic heterocycles. The molecule has 0 radical (unpaired) electrons. The minimum Gasteiger partial charge on any atom is -0.222 e. The molecule has 0 aliphatic rings. The van der Waals surface area contributed by atoms with Crippen molar-refractivity contribution in [2.75, 3.05) is 0 Å². The van der Waals surface area contributed by atoms with Crippen molar-refractivity contribution in [1.82, 2.24) is 0 Å². The van der Waals surface area contributed by atoms with Gasteiger partial charge in [-0.25, -0.2) is 18.6 Å². The molecular weight excluding hydrogens is 350 g/mol. The normalized spacial score (nSPS) is 10.9. The largest absolute Gasteiger partial charge is 0.222 e. The fourth-order valence-corrected chi connectivity index (χ4v) is 3.22. The van der Waals surface area contributed by atoms with Gasteiger partial charge in [0.15, 0.2) is 12.7 Å². The average Bonchev–Trinajstić information content (AvgIpc) is 2.88. The van der Waals surface area contributed by atoms with Gasteiger partial charge in [0.25, 0.3) is 0 Å². The van der Waals surface area contributed by atoms with E-state index < -0.39 is 10.2 Å². The Bertz CT molecular complexity index is 751. The zero-order valence-corrected chi connectivity index (χ0v) is 14.5. The minimum atomic E-state index is -4.94. The number of hydrogen-bond donors (Lipinski definition) is 0. The van der Waals surface area contributed by atoms with E-state index in [0.29, 0.717) is 0 Å². The molecule has 126 valence electrons. The summed E-state index contributed by atoms with van der Waals surface area (Å²) in [5.41, 5.74) is 3.97. The van der Waals surface area contributed by atoms with Crippen molar-refractivity contribution in [3.05, 3.63) is 77.3 Å². The van der Waals surface area contributed by atoms with Crippen LogP contribution in [0.4, 0.5) is 0 Å². The van der Waals surface area contributed by atoms with E-state index in [-0.39, 0.29) is 0 Å². The van der Waals surface area contributed by atoms with Gasteiger partial charge in [0.2, 0.25) is 0 Å². The van der Waals surface area contributed by atoms with E-state index in [1.165, 1.54) is 21.6 Å². The Morgan fingerprint density at radius 1 is 0.875 bits per heavy atom. The summed E-state index contributed by atoms with van der Waals surface area (Å²) in [6.07, 6.45) is 2.25. The van der Waals surface area contributed by atoms with Crippen molar-refractivity contribution < 1.29 is 32.8 Å². The Morgan fingerprint density at radius 2 is 1.38 bits per heavy atom. The second-order valence-corrected chi connectivity index (χ2v) is 7.01. The van der Waals surface area contributed by atoms with E-state index in [1.807, 2.05) is 11.5 Å². The third kappa shape index (κ3) is 6.37. The van der Waals surface area contributed by atoms with Gasteiger partial charge in [-0.15, -0.1) is 14.2 Å². The number of halogens is 1. The van der Waals surface area contributed by atoms with E-state index >= 15 is 0 Å². The third-order valence-corrected chi connectivity index (χ3v) is 4.14. The predicted molar refractivity (Wildman–Crippen MR) is 80.2 cm³/mol. The lowest BCUT2D eigenvalue weighted by molar-refractivity contribution is -2.00. The highest BCUT2D eigenvalue weighted by Gasteiger charge is 2.14. The molecule has 0 saturated heterocycles. The summed E-state index contributed by atoms with van der Waals surface area (Å²) in [5, 5.41) is 0. The molecule has 2 aromatic carbocycles. The SMILES string of the molecule is Cc1s[n+](Cc2ccccc2)cc1-c1ccccc1.[O-][Cl+3]([O-])([O-])[O-]. The summed E-state index contributed by atoms with van der Waals surface area (Å²) in [5.74, 6) is 0. The molecule has 3 rings (SSSR count). The van der Waals surface area contributed by atoms with Crippen LogP contribution in [-0.4, -0.2) is 0 Å². The van der Waals surface area contributed by atoms with Crippen LogP contribution in [0.25, 0.3) is 11.1 Å². The Labute approximate surface area is 146 Å². The zero-order valence-electron chi connectivity index (χ0n) is 12.9. The second-order valence-electron chi connectivity index (χ2n) is 5.00. The van der Waals surface area contributed by atoms with Crippen LogP contribution in [0.15, 0.2) is 66.9 Å². The Kier molecular flexibility index (Phi) is 6.44. The van der Waals surface area contributed by atoms with Gasteiger partial charge in [0, 0.05) is 5.56 Å². The third-order valence-electron chi connectivity index (χ3n) is 3.17. The van der Waals surface area contributed by atoms with E-state index in [4.69, 9.17) is 18.6 Å². The summed E-state index contributed by atoms with van der Waals surface area (Å²) in [6.45, 7) is 3.13. The molecule has 24 heavy (non-hydrogen) atoms. The average molecular weight is 366 g/mol. The van der Waals surface area contributed by atoms with Crippen LogP contribution >= 0.6 is 11.5 Å². The van der Waals surface area contributed by atoms with E-state index in [9.17, 15) is 0 Å². The first-order valence-electron chi connectivity index (χ1n) is 7.04. The van der Waals surface area contributed by atoms with Crippen LogP contribution < -0.4 is 22.6 Å². The van der Waals surface area contributed by atoms with Crippen LogP contribution in [0.1, 0.15) is 10.4 Å². The fraction of sp³-hybridized carbons (Fsp3) is 0.118. The number of benzene rings is 2. The first-order valence-corrected chi connectivity index (χ1v) is 9.05. The molecule has 0 atom stereocenters. The van der Waals surface area contributed by atoms with Crippen molar-refractivity contribution in [3.63, 3.8) is 0 Å². The van der Waals surface area contributed by atoms with Crippen molar-refractivity contribution in [3.8, 4) is 11.1 Å². The Morgan fingerprint density at radius 3 is 1.92 bits per heavy atom. The Hall–Kier alpha value is -1.80. The predicted octanol–water partition coefficient (Wildman–Crippen LogP) is -0.697. The van der Waals surface area contributed by atoms with E-state index in [2.05, 4.69) is 77.7 Å². The van der Waals surface area contributed by atoms with Crippen LogP contribution in [0, 0.1) is 17.2 Å². The lowest BCUT2D eigenvalue weighted by Gasteiger charge is -2.17. The Balaban J connectivity index is 0.000000368. The number of aryl methyl sites for hydroxylation is 1. The molecule has 0 bridgehead atoms. The molecule has 0 amide bonds. The van der Waals surface area contributed by atoms with Crippen molar-refractivity contribution in [2.24, 2.45) is 0 Å². The molecule has 0 unspecified atom stereocenters. The van der Waals surface area contributed by atoms with Crippen molar-refractivity contribution in [1.29, 1.82) is 0 Å². The summed E-state index contributed by atoms with van der Waals surface area (Å²) >= 11 is 1.82. The smallest absolute Gasteiger partial charge is 0.192 e. The van der Waals surface area contributed by atoms with Gasteiger partial charge in [-0.3, -0.25) is 0 Å². The van der Waals surface area contributed by atoms with Gasteiger partial charge >= 0.3 is 0 Å². The number of aromatic nitrogens is 1. The first kappa shape index (κ1) is 18.5. The highest BCUT2D eigenvalue weighted by Crippen LogP contribution is 2.24. The maximum absolute atomic E-state index is 8.49. The number of hydrogen-bond acceptors (Lipinski definition) is 5. The van der Waals surface area contributed by atoms with E-state index in [0.717, 1.165) is 6.54 Å². The number of nitrogens with zero attached hydrogens (tertiary/aromatic N) is 1. The van der Waals surface area contributed by atoms with Gasteiger partial charge in [-0.2, -0.15) is 0 Å². The standard InChI is InChI=1S/C17H16NS.ClHO4/c1-14-17(16-10-6-3-7-11-16)13-18(19-14)12-15-8-4-2-5-9-15;2-1(3,4)5/h2-11,13H,12H2,1H3;(H,2,3,4,5)/q+1;/p-1. The molecule has 0 N–H and O–H groups in total. The molecular formula is C17H16ClNO4S. The lowest BCUT2D eigenvalue weighted by Crippen LogP contribution is -2.68. The minimum absolute atomic E-state index is 0.944. The van der Waals surface area contributed by atoms with Crippen LogP contribution in [-0.2, 0) is 6.54 Å². The zero-order chi connectivity index (χ0) is 17.6. The molecule has 0 fully saturated rings. The molecule has 3 aromatic rings. The fourth-order valence-electron chi connectivity index (χ4n) is 2.22. The van der Waals surface area contributed by atoms with E-state index in [1.54, 1.807) is 0 Å². The van der Waals surface area contributed by atoms with Gasteiger partial charge in [-0.1, -0.05) is 60.7 Å². The second kappa shape index (κ2) is 8.34. The molecule has 0 spiro atoms. The van der Waals surface area contributed by atoms with Crippen LogP contribution in [0.2, 0.25) is 0 Å². The van der Waals surface area contributed by atoms with Gasteiger partial charge in [0.05, 0.1) is 10.4 Å². The lowest BCUT2D eigenvalue weighted by atomic mass is 10.1. The number of rotatable bonds is 3. The maximum Gasteiger partial charge on any atom is 0.192 e. The van der Waals surface area contributed by atoms with Gasteiger partial charge in [-0.05, 0) is 12.5 Å². The summed E-state index contributed by atoms with van der Waals surface area (Å²) in [4.78, 5) is 1.36. The van der Waals surface area contributed by atoms with Crippen LogP contribution in [0.3, 0.4) is 0 Å². The molecule has 0 aliphatic carbocycles. The van der Waals surface area contributed by atoms with Crippen molar-refractivity contribution >= 4 is 11.5 Å². The topological polar surface area (TPSA) is 96.1 Å². The molecule has 5 nitrogen and oxygen atoms in total. The summed E-state index contributed by atoms with van der Waals surface area (Å²) in [7, 11) is -4.94. The molecule has 1 heterocycles. The van der Waals surface area contributed by atoms with Gasteiger partial charge < -0.3 is 0 Å². The quantitative estimate of drug-likeness (QED) is 0.573. The summed E-state index contributed by atoms with van der Waals surface area (Å²) in [6, 6.07) is 21.2. The summed E-state index contributed by atoms with van der Waals surface area (Å²) < 4.78 is 36.3. The maximum atomic E-state index is 8.49. The molecule has 0 saturated carbocycles. The molecule has 7 heteroatoms. The van der Waals surface area contributed by atoms with Gasteiger partial charge in [0.1, 0.15) is 11.5 Å². The monoisotopic (exact) mass is 365 g/mol. The first-order chi connectivity index (χ1) is 11.3. The van der Waals surface area contributed by atoms with Crippen LogP contribution in [0.5, 0.6) is 0 Å². The highest BCUT2D eigenvalue weighted by atomic mass is 35.7. The molecule has 0 aliphatic heterocycles.